The molecule has 0 spiro atoms. The Morgan fingerprint density at radius 1 is 1.08 bits per heavy atom. The van der Waals surface area contributed by atoms with Crippen LogP contribution in [0.1, 0.15) is 66.7 Å². The van der Waals surface area contributed by atoms with Gasteiger partial charge in [-0.15, -0.1) is 0 Å². The second-order valence-corrected chi connectivity index (χ2v) is 6.54. The minimum absolute atomic E-state index is 0.267. The second kappa shape index (κ2) is 10.1. The largest absolute Gasteiger partial charge is 0.462 e. The van der Waals surface area contributed by atoms with Crippen LogP contribution in [0.5, 0.6) is 0 Å². The van der Waals surface area contributed by atoms with E-state index in [0.29, 0.717) is 28.0 Å². The Labute approximate surface area is 159 Å². The molecule has 26 heavy (non-hydrogen) atoms. The van der Waals surface area contributed by atoms with Gasteiger partial charge in [-0.25, -0.2) is 9.59 Å². The molecule has 0 bridgehead atoms. The number of esters is 2. The van der Waals surface area contributed by atoms with Crippen LogP contribution in [0.2, 0.25) is 0 Å². The maximum atomic E-state index is 12.2. The Morgan fingerprint density at radius 2 is 1.73 bits per heavy atom. The Hall–Kier alpha value is -2.15. The Kier molecular flexibility index (Phi) is 7.84. The van der Waals surface area contributed by atoms with Crippen LogP contribution < -0.4 is 10.6 Å². The molecule has 1 fully saturated rings. The predicted octanol–water partition coefficient (Wildman–Crippen LogP) is 3.66. The van der Waals surface area contributed by atoms with Crippen molar-refractivity contribution >= 4 is 35.0 Å². The number of anilines is 1. The third kappa shape index (κ3) is 5.69. The highest BCUT2D eigenvalue weighted by atomic mass is 32.1. The number of rotatable bonds is 6. The zero-order valence-electron chi connectivity index (χ0n) is 15.3. The highest BCUT2D eigenvalue weighted by Crippen LogP contribution is 2.21. The van der Waals surface area contributed by atoms with Crippen molar-refractivity contribution in [3.8, 4) is 0 Å². The standard InChI is InChI=1S/C19H26N2O4S/c1-3-24-17(22)13-10-11-15(18(23)25-4-2)16(12-13)21-19(26)20-14-8-6-5-7-9-14/h10-12,14H,3-9H2,1-2H3,(H2,20,21,26). The summed E-state index contributed by atoms with van der Waals surface area (Å²) in [7, 11) is 0. The van der Waals surface area contributed by atoms with Crippen LogP contribution in [0.15, 0.2) is 18.2 Å². The van der Waals surface area contributed by atoms with Gasteiger partial charge in [0.15, 0.2) is 5.11 Å². The molecule has 1 aromatic carbocycles. The predicted molar refractivity (Wildman–Crippen MR) is 105 cm³/mol. The summed E-state index contributed by atoms with van der Waals surface area (Å²) in [6, 6.07) is 5.00. The molecule has 0 atom stereocenters. The van der Waals surface area contributed by atoms with Crippen LogP contribution in [-0.4, -0.2) is 36.3 Å². The Bertz CT molecular complexity index is 657. The summed E-state index contributed by atoms with van der Waals surface area (Å²) in [5.74, 6) is -0.914. The number of benzene rings is 1. The molecule has 7 heteroatoms. The lowest BCUT2D eigenvalue weighted by atomic mass is 9.96. The number of thiocarbonyl (C=S) groups is 1. The lowest BCUT2D eigenvalue weighted by Gasteiger charge is -2.24. The smallest absolute Gasteiger partial charge is 0.340 e. The van der Waals surface area contributed by atoms with Gasteiger partial charge in [0.2, 0.25) is 0 Å². The van der Waals surface area contributed by atoms with E-state index in [9.17, 15) is 9.59 Å². The van der Waals surface area contributed by atoms with E-state index in [-0.39, 0.29) is 13.2 Å². The average molecular weight is 378 g/mol. The second-order valence-electron chi connectivity index (χ2n) is 6.13. The van der Waals surface area contributed by atoms with E-state index in [4.69, 9.17) is 21.7 Å². The van der Waals surface area contributed by atoms with Gasteiger partial charge in [0.25, 0.3) is 0 Å². The molecule has 0 heterocycles. The molecule has 1 saturated carbocycles. The normalized spacial score (nSPS) is 14.4. The lowest BCUT2D eigenvalue weighted by molar-refractivity contribution is 0.0512. The lowest BCUT2D eigenvalue weighted by Crippen LogP contribution is -2.39. The van der Waals surface area contributed by atoms with Gasteiger partial charge in [0, 0.05) is 6.04 Å². The van der Waals surface area contributed by atoms with Crippen molar-refractivity contribution in [2.75, 3.05) is 18.5 Å². The molecule has 0 saturated heterocycles. The van der Waals surface area contributed by atoms with Crippen molar-refractivity contribution in [3.63, 3.8) is 0 Å². The maximum absolute atomic E-state index is 12.2. The molecule has 0 aliphatic heterocycles. The molecule has 1 aliphatic rings. The number of ether oxygens (including phenoxy) is 2. The number of carbonyl (C=O) groups excluding carboxylic acids is 2. The molecular weight excluding hydrogens is 352 g/mol. The summed E-state index contributed by atoms with van der Waals surface area (Å²) in [4.78, 5) is 24.2. The molecule has 2 N–H and O–H groups in total. The SMILES string of the molecule is CCOC(=O)c1ccc(C(=O)OCC)c(NC(=S)NC2CCCCC2)c1. The van der Waals surface area contributed by atoms with Crippen LogP contribution in [0, 0.1) is 0 Å². The first-order chi connectivity index (χ1) is 12.5. The average Bonchev–Trinajstić information content (AvgIpc) is 2.62. The number of hydrogen-bond donors (Lipinski definition) is 2. The Morgan fingerprint density at radius 3 is 2.38 bits per heavy atom. The maximum Gasteiger partial charge on any atom is 0.340 e. The molecule has 0 amide bonds. The van der Waals surface area contributed by atoms with Crippen molar-refractivity contribution in [3.05, 3.63) is 29.3 Å². The summed E-state index contributed by atoms with van der Waals surface area (Å²) < 4.78 is 10.1. The van der Waals surface area contributed by atoms with Crippen LogP contribution >= 0.6 is 12.2 Å². The molecule has 0 unspecified atom stereocenters. The third-order valence-electron chi connectivity index (χ3n) is 4.21. The molecule has 1 aliphatic carbocycles. The topological polar surface area (TPSA) is 76.7 Å². The zero-order valence-corrected chi connectivity index (χ0v) is 16.1. The van der Waals surface area contributed by atoms with E-state index in [1.807, 2.05) is 0 Å². The van der Waals surface area contributed by atoms with Crippen LogP contribution in [0.3, 0.4) is 0 Å². The van der Waals surface area contributed by atoms with Gasteiger partial charge >= 0.3 is 11.9 Å². The van der Waals surface area contributed by atoms with Gasteiger partial charge in [-0.05, 0) is 57.1 Å². The quantitative estimate of drug-likeness (QED) is 0.578. The zero-order chi connectivity index (χ0) is 18.9. The van der Waals surface area contributed by atoms with Crippen molar-refractivity contribution < 1.29 is 19.1 Å². The molecular formula is C19H26N2O4S. The molecule has 0 aromatic heterocycles. The van der Waals surface area contributed by atoms with Crippen molar-refractivity contribution in [2.45, 2.75) is 52.0 Å². The first-order valence-electron chi connectivity index (χ1n) is 9.11. The first-order valence-corrected chi connectivity index (χ1v) is 9.51. The van der Waals surface area contributed by atoms with E-state index in [2.05, 4.69) is 10.6 Å². The van der Waals surface area contributed by atoms with Crippen LogP contribution in [0.4, 0.5) is 5.69 Å². The molecule has 142 valence electrons. The van der Waals surface area contributed by atoms with Crippen LogP contribution in [0.25, 0.3) is 0 Å². The van der Waals surface area contributed by atoms with Gasteiger partial charge in [-0.2, -0.15) is 0 Å². The Balaban J connectivity index is 2.17. The molecule has 0 radical (unpaired) electrons. The van der Waals surface area contributed by atoms with E-state index in [1.165, 1.54) is 19.3 Å². The van der Waals surface area contributed by atoms with E-state index < -0.39 is 11.9 Å². The number of hydrogen-bond acceptors (Lipinski definition) is 5. The summed E-state index contributed by atoms with van der Waals surface area (Å²) in [6.07, 6.45) is 5.79. The molecule has 2 rings (SSSR count). The van der Waals surface area contributed by atoms with Gasteiger partial charge in [-0.3, -0.25) is 0 Å². The van der Waals surface area contributed by atoms with Gasteiger partial charge in [-0.1, -0.05) is 19.3 Å². The van der Waals surface area contributed by atoms with Crippen molar-refractivity contribution in [1.82, 2.24) is 5.32 Å². The summed E-state index contributed by atoms with van der Waals surface area (Å²) in [6.45, 7) is 4.03. The monoisotopic (exact) mass is 378 g/mol. The van der Waals surface area contributed by atoms with Crippen molar-refractivity contribution in [2.24, 2.45) is 0 Å². The third-order valence-corrected chi connectivity index (χ3v) is 4.43. The van der Waals surface area contributed by atoms with E-state index in [1.54, 1.807) is 32.0 Å². The fraction of sp³-hybridized carbons (Fsp3) is 0.526. The van der Waals surface area contributed by atoms with Crippen LogP contribution in [-0.2, 0) is 9.47 Å². The fourth-order valence-corrected chi connectivity index (χ4v) is 3.24. The number of nitrogens with one attached hydrogen (secondary N) is 2. The minimum atomic E-state index is -0.467. The summed E-state index contributed by atoms with van der Waals surface area (Å²) in [5.41, 5.74) is 1.11. The van der Waals surface area contributed by atoms with Gasteiger partial charge in [0.05, 0.1) is 30.0 Å². The summed E-state index contributed by atoms with van der Waals surface area (Å²) in [5, 5.41) is 6.77. The molecule has 1 aromatic rings. The van der Waals surface area contributed by atoms with E-state index in [0.717, 1.165) is 12.8 Å². The van der Waals surface area contributed by atoms with E-state index >= 15 is 0 Å². The van der Waals surface area contributed by atoms with Crippen molar-refractivity contribution in [1.29, 1.82) is 0 Å². The fourth-order valence-electron chi connectivity index (χ4n) is 2.97. The first kappa shape index (κ1) is 20.2. The highest BCUT2D eigenvalue weighted by molar-refractivity contribution is 7.80. The number of carbonyl (C=O) groups is 2. The van der Waals surface area contributed by atoms with Gasteiger partial charge < -0.3 is 20.1 Å². The minimum Gasteiger partial charge on any atom is -0.462 e. The molecule has 6 nitrogen and oxygen atoms in total. The highest BCUT2D eigenvalue weighted by Gasteiger charge is 2.19. The van der Waals surface area contributed by atoms with Gasteiger partial charge in [0.1, 0.15) is 0 Å². The summed E-state index contributed by atoms with van der Waals surface area (Å²) >= 11 is 5.40.